The highest BCUT2D eigenvalue weighted by Gasteiger charge is 2.13. The van der Waals surface area contributed by atoms with Crippen molar-refractivity contribution in [3.63, 3.8) is 0 Å². The van der Waals surface area contributed by atoms with Gasteiger partial charge in [0.25, 0.3) is 5.91 Å². The molecule has 0 aromatic carbocycles. The molecule has 3 N–H and O–H groups in total. The number of nitrogen functional groups attached to an aromatic ring is 1. The second kappa shape index (κ2) is 7.68. The molecule has 1 heterocycles. The Hall–Kier alpha value is -1.69. The molecular weight excluding hydrogens is 249 g/mol. The predicted molar refractivity (Wildman–Crippen MR) is 71.2 cm³/mol. The molecule has 0 aliphatic rings. The van der Waals surface area contributed by atoms with Crippen LogP contribution in [0.3, 0.4) is 0 Å². The van der Waals surface area contributed by atoms with E-state index in [1.165, 1.54) is 12.3 Å². The van der Waals surface area contributed by atoms with E-state index in [9.17, 15) is 9.18 Å². The second-order valence-corrected chi connectivity index (χ2v) is 4.64. The normalized spacial score (nSPS) is 10.7. The topological polar surface area (TPSA) is 77.2 Å². The Bertz CT molecular complexity index is 424. The van der Waals surface area contributed by atoms with Crippen molar-refractivity contribution in [1.82, 2.24) is 10.3 Å². The summed E-state index contributed by atoms with van der Waals surface area (Å²) in [5.74, 6) is -1.05. The summed E-state index contributed by atoms with van der Waals surface area (Å²) in [6.07, 6.45) is 1.99. The van der Waals surface area contributed by atoms with Crippen LogP contribution in [0.4, 0.5) is 10.2 Å². The summed E-state index contributed by atoms with van der Waals surface area (Å²) >= 11 is 0. The average molecular weight is 269 g/mol. The molecule has 106 valence electrons. The Labute approximate surface area is 112 Å². The number of carbonyl (C=O) groups is 1. The fraction of sp³-hybridized carbons (Fsp3) is 0.538. The van der Waals surface area contributed by atoms with Gasteiger partial charge in [0.05, 0.1) is 5.56 Å². The molecule has 0 aliphatic heterocycles. The third kappa shape index (κ3) is 5.21. The number of amides is 1. The van der Waals surface area contributed by atoms with Crippen LogP contribution in [0.25, 0.3) is 0 Å². The maximum atomic E-state index is 13.5. The van der Waals surface area contributed by atoms with Gasteiger partial charge in [-0.1, -0.05) is 13.8 Å². The van der Waals surface area contributed by atoms with Crippen molar-refractivity contribution in [2.45, 2.75) is 20.3 Å². The number of aromatic nitrogens is 1. The third-order valence-corrected chi connectivity index (χ3v) is 2.36. The lowest BCUT2D eigenvalue weighted by Crippen LogP contribution is -2.26. The summed E-state index contributed by atoms with van der Waals surface area (Å²) in [5.41, 5.74) is 5.21. The Morgan fingerprint density at radius 3 is 3.00 bits per heavy atom. The van der Waals surface area contributed by atoms with Crippen LogP contribution < -0.4 is 11.1 Å². The van der Waals surface area contributed by atoms with Crippen molar-refractivity contribution >= 4 is 11.7 Å². The fourth-order valence-corrected chi connectivity index (χ4v) is 1.43. The standard InChI is InChI=1S/C13H20FN3O2/c1-9(2)8-19-7-3-5-17-13(18)10-4-6-16-12(15)11(10)14/h4,6,9H,3,5,7-8H2,1-2H3,(H2,15,16)(H,17,18). The first-order chi connectivity index (χ1) is 9.02. The largest absolute Gasteiger partial charge is 0.381 e. The van der Waals surface area contributed by atoms with Gasteiger partial charge >= 0.3 is 0 Å². The molecule has 19 heavy (non-hydrogen) atoms. The number of nitrogens with zero attached hydrogens (tertiary/aromatic N) is 1. The molecule has 5 nitrogen and oxygen atoms in total. The predicted octanol–water partition coefficient (Wildman–Crippen LogP) is 1.60. The minimum Gasteiger partial charge on any atom is -0.381 e. The zero-order valence-corrected chi connectivity index (χ0v) is 11.3. The van der Waals surface area contributed by atoms with E-state index in [0.717, 1.165) is 0 Å². The Morgan fingerprint density at radius 2 is 2.32 bits per heavy atom. The molecule has 0 aliphatic carbocycles. The molecular formula is C13H20FN3O2. The van der Waals surface area contributed by atoms with Gasteiger partial charge in [-0.2, -0.15) is 0 Å². The van der Waals surface area contributed by atoms with Gasteiger partial charge in [-0.05, 0) is 18.4 Å². The molecule has 0 atom stereocenters. The summed E-state index contributed by atoms with van der Waals surface area (Å²) in [7, 11) is 0. The van der Waals surface area contributed by atoms with E-state index in [4.69, 9.17) is 10.5 Å². The van der Waals surface area contributed by atoms with E-state index >= 15 is 0 Å². The summed E-state index contributed by atoms with van der Waals surface area (Å²) in [6.45, 7) is 5.83. The van der Waals surface area contributed by atoms with Crippen molar-refractivity contribution < 1.29 is 13.9 Å². The van der Waals surface area contributed by atoms with Gasteiger partial charge < -0.3 is 15.8 Å². The molecule has 0 saturated carbocycles. The van der Waals surface area contributed by atoms with Gasteiger partial charge in [0.2, 0.25) is 0 Å². The molecule has 1 rings (SSSR count). The van der Waals surface area contributed by atoms with Crippen LogP contribution in [0, 0.1) is 11.7 Å². The Balaban J connectivity index is 2.30. The Morgan fingerprint density at radius 1 is 1.58 bits per heavy atom. The number of halogens is 1. The number of hydrogen-bond donors (Lipinski definition) is 2. The van der Waals surface area contributed by atoms with Crippen LogP contribution in [0.5, 0.6) is 0 Å². The number of carbonyl (C=O) groups excluding carboxylic acids is 1. The molecule has 0 spiro atoms. The van der Waals surface area contributed by atoms with E-state index in [1.807, 2.05) is 0 Å². The number of rotatable bonds is 7. The molecule has 0 fully saturated rings. The molecule has 0 saturated heterocycles. The number of nitrogens with one attached hydrogen (secondary N) is 1. The summed E-state index contributed by atoms with van der Waals surface area (Å²) in [5, 5.41) is 2.61. The molecule has 6 heteroatoms. The van der Waals surface area contributed by atoms with E-state index < -0.39 is 11.7 Å². The van der Waals surface area contributed by atoms with Crippen molar-refractivity contribution in [2.75, 3.05) is 25.5 Å². The van der Waals surface area contributed by atoms with Crippen molar-refractivity contribution in [3.8, 4) is 0 Å². The maximum Gasteiger partial charge on any atom is 0.254 e. The smallest absolute Gasteiger partial charge is 0.254 e. The van der Waals surface area contributed by atoms with Crippen LogP contribution in [0.2, 0.25) is 0 Å². The average Bonchev–Trinajstić information content (AvgIpc) is 2.36. The number of pyridine rings is 1. The SMILES string of the molecule is CC(C)COCCCNC(=O)c1ccnc(N)c1F. The van der Waals surface area contributed by atoms with Gasteiger partial charge in [-0.3, -0.25) is 4.79 Å². The highest BCUT2D eigenvalue weighted by molar-refractivity contribution is 5.95. The summed E-state index contributed by atoms with van der Waals surface area (Å²) in [4.78, 5) is 15.2. The first-order valence-electron chi connectivity index (χ1n) is 6.28. The monoisotopic (exact) mass is 269 g/mol. The molecule has 1 aromatic heterocycles. The molecule has 0 radical (unpaired) electrons. The minimum atomic E-state index is -0.781. The first-order valence-corrected chi connectivity index (χ1v) is 6.28. The third-order valence-electron chi connectivity index (χ3n) is 2.36. The summed E-state index contributed by atoms with van der Waals surface area (Å²) in [6, 6.07) is 1.30. The lowest BCUT2D eigenvalue weighted by molar-refractivity contribution is 0.0921. The zero-order valence-electron chi connectivity index (χ0n) is 11.3. The number of anilines is 1. The highest BCUT2D eigenvalue weighted by atomic mass is 19.1. The van der Waals surface area contributed by atoms with Crippen molar-refractivity contribution in [1.29, 1.82) is 0 Å². The molecule has 1 aromatic rings. The van der Waals surface area contributed by atoms with Gasteiger partial charge in [-0.25, -0.2) is 9.37 Å². The van der Waals surface area contributed by atoms with Gasteiger partial charge in [0.1, 0.15) is 0 Å². The number of ether oxygens (including phenoxy) is 1. The van der Waals surface area contributed by atoms with E-state index in [-0.39, 0.29) is 11.4 Å². The second-order valence-electron chi connectivity index (χ2n) is 4.64. The van der Waals surface area contributed by atoms with Crippen LogP contribution in [0.15, 0.2) is 12.3 Å². The van der Waals surface area contributed by atoms with Crippen LogP contribution in [-0.4, -0.2) is 30.6 Å². The zero-order chi connectivity index (χ0) is 14.3. The first kappa shape index (κ1) is 15.4. The summed E-state index contributed by atoms with van der Waals surface area (Å²) < 4.78 is 18.9. The van der Waals surface area contributed by atoms with Crippen molar-refractivity contribution in [2.24, 2.45) is 5.92 Å². The molecule has 0 bridgehead atoms. The number of nitrogens with two attached hydrogens (primary N) is 1. The van der Waals surface area contributed by atoms with Crippen molar-refractivity contribution in [3.05, 3.63) is 23.6 Å². The molecule has 0 unspecified atom stereocenters. The van der Waals surface area contributed by atoms with Crippen LogP contribution in [0.1, 0.15) is 30.6 Å². The Kier molecular flexibility index (Phi) is 6.21. The van der Waals surface area contributed by atoms with Crippen LogP contribution in [-0.2, 0) is 4.74 Å². The minimum absolute atomic E-state index is 0.0874. The van der Waals surface area contributed by atoms with E-state index in [2.05, 4.69) is 24.1 Å². The lowest BCUT2D eigenvalue weighted by Gasteiger charge is -2.08. The van der Waals surface area contributed by atoms with Gasteiger partial charge in [-0.15, -0.1) is 0 Å². The maximum absolute atomic E-state index is 13.5. The van der Waals surface area contributed by atoms with Crippen LogP contribution >= 0.6 is 0 Å². The molecule has 1 amide bonds. The van der Waals surface area contributed by atoms with E-state index in [1.54, 1.807) is 0 Å². The van der Waals surface area contributed by atoms with Gasteiger partial charge in [0, 0.05) is 26.0 Å². The van der Waals surface area contributed by atoms with E-state index in [0.29, 0.717) is 32.1 Å². The quantitative estimate of drug-likeness (QED) is 0.737. The lowest BCUT2D eigenvalue weighted by atomic mass is 10.2. The fourth-order valence-electron chi connectivity index (χ4n) is 1.43. The highest BCUT2D eigenvalue weighted by Crippen LogP contribution is 2.11. The number of hydrogen-bond acceptors (Lipinski definition) is 4. The van der Waals surface area contributed by atoms with Gasteiger partial charge in [0.15, 0.2) is 11.6 Å².